The maximum absolute atomic E-state index is 11.5. The van der Waals surface area contributed by atoms with Gasteiger partial charge in [-0.05, 0) is 12.0 Å². The number of anilines is 2. The van der Waals surface area contributed by atoms with Crippen molar-refractivity contribution in [3.8, 4) is 0 Å². The van der Waals surface area contributed by atoms with Crippen LogP contribution in [-0.4, -0.2) is 24.0 Å². The van der Waals surface area contributed by atoms with Crippen molar-refractivity contribution in [1.82, 2.24) is 10.3 Å². The molecule has 0 radical (unpaired) electrons. The smallest absolute Gasteiger partial charge is 0.221 e. The highest BCUT2D eigenvalue weighted by Crippen LogP contribution is 2.18. The summed E-state index contributed by atoms with van der Waals surface area (Å²) in [5, 5.41) is 6.34. The second-order valence-electron chi connectivity index (χ2n) is 4.47. The largest absolute Gasteiger partial charge is 0.396 e. The summed E-state index contributed by atoms with van der Waals surface area (Å²) in [6.07, 6.45) is 1.90. The van der Waals surface area contributed by atoms with E-state index in [0.717, 1.165) is 0 Å². The number of nitrogens with one attached hydrogen (secondary N) is 2. The summed E-state index contributed by atoms with van der Waals surface area (Å²) in [5.41, 5.74) is 6.20. The molecule has 5 nitrogen and oxygen atoms in total. The zero-order valence-corrected chi connectivity index (χ0v) is 11.4. The molecule has 0 saturated heterocycles. The van der Waals surface area contributed by atoms with E-state index in [1.54, 1.807) is 6.07 Å². The van der Waals surface area contributed by atoms with Crippen LogP contribution in [0.25, 0.3) is 0 Å². The van der Waals surface area contributed by atoms with Crippen LogP contribution >= 0.6 is 11.6 Å². The summed E-state index contributed by atoms with van der Waals surface area (Å²) in [4.78, 5) is 15.5. The van der Waals surface area contributed by atoms with Gasteiger partial charge in [-0.1, -0.05) is 25.4 Å². The van der Waals surface area contributed by atoms with E-state index in [9.17, 15) is 4.79 Å². The number of pyridine rings is 1. The molecule has 0 bridgehead atoms. The van der Waals surface area contributed by atoms with E-state index in [2.05, 4.69) is 29.5 Å². The molecule has 1 amide bonds. The first-order chi connectivity index (χ1) is 8.49. The number of hydrogen-bond donors (Lipinski definition) is 3. The number of carbonyl (C=O) groups is 1. The van der Waals surface area contributed by atoms with Crippen LogP contribution in [-0.2, 0) is 4.79 Å². The molecular formula is C12H19ClN4O. The van der Waals surface area contributed by atoms with E-state index in [1.165, 1.54) is 6.20 Å². The van der Waals surface area contributed by atoms with Gasteiger partial charge in [0.1, 0.15) is 5.82 Å². The van der Waals surface area contributed by atoms with Crippen LogP contribution in [0.4, 0.5) is 11.5 Å². The molecule has 0 fully saturated rings. The zero-order chi connectivity index (χ0) is 13.5. The maximum atomic E-state index is 11.5. The first-order valence-electron chi connectivity index (χ1n) is 5.90. The monoisotopic (exact) mass is 270 g/mol. The second-order valence-corrected chi connectivity index (χ2v) is 4.90. The normalized spacial score (nSPS) is 10.4. The molecule has 1 rings (SSSR count). The first kappa shape index (κ1) is 14.6. The van der Waals surface area contributed by atoms with Gasteiger partial charge in [-0.3, -0.25) is 4.79 Å². The molecule has 0 aliphatic carbocycles. The Balaban J connectivity index is 2.31. The molecule has 0 atom stereocenters. The standard InChI is InChI=1S/C12H19ClN4O/c1-8(2)6-16-11(18)3-4-15-12-10(14)5-9(13)7-17-12/h5,7-8H,3-4,6,14H2,1-2H3,(H,15,17)(H,16,18). The molecule has 1 heterocycles. The number of nitrogen functional groups attached to an aromatic ring is 1. The first-order valence-corrected chi connectivity index (χ1v) is 6.28. The number of halogens is 1. The summed E-state index contributed by atoms with van der Waals surface area (Å²) in [7, 11) is 0. The molecule has 0 aliphatic rings. The highest BCUT2D eigenvalue weighted by atomic mass is 35.5. The Morgan fingerprint density at radius 3 is 2.89 bits per heavy atom. The Labute approximate surface area is 112 Å². The minimum Gasteiger partial charge on any atom is -0.396 e. The molecule has 4 N–H and O–H groups in total. The Bertz CT molecular complexity index is 409. The van der Waals surface area contributed by atoms with Crippen LogP contribution in [0, 0.1) is 5.92 Å². The van der Waals surface area contributed by atoms with E-state index in [1.807, 2.05) is 0 Å². The van der Waals surface area contributed by atoms with Crippen molar-refractivity contribution in [3.05, 3.63) is 17.3 Å². The molecule has 6 heteroatoms. The predicted molar refractivity (Wildman–Crippen MR) is 74.6 cm³/mol. The molecule has 0 saturated carbocycles. The summed E-state index contributed by atoms with van der Waals surface area (Å²) < 4.78 is 0. The molecule has 0 unspecified atom stereocenters. The molecule has 1 aromatic heterocycles. The fourth-order valence-electron chi connectivity index (χ4n) is 1.30. The average Bonchev–Trinajstić information content (AvgIpc) is 2.29. The van der Waals surface area contributed by atoms with Crippen molar-refractivity contribution in [3.63, 3.8) is 0 Å². The molecule has 0 spiro atoms. The van der Waals surface area contributed by atoms with Gasteiger partial charge in [-0.15, -0.1) is 0 Å². The Hall–Kier alpha value is -1.49. The van der Waals surface area contributed by atoms with Crippen molar-refractivity contribution < 1.29 is 4.79 Å². The van der Waals surface area contributed by atoms with Gasteiger partial charge < -0.3 is 16.4 Å². The van der Waals surface area contributed by atoms with Gasteiger partial charge in [0.15, 0.2) is 0 Å². The number of hydrogen-bond acceptors (Lipinski definition) is 4. The van der Waals surface area contributed by atoms with Gasteiger partial charge in [0.25, 0.3) is 0 Å². The number of carbonyl (C=O) groups excluding carboxylic acids is 1. The third-order valence-corrected chi connectivity index (χ3v) is 2.44. The molecule has 100 valence electrons. The Morgan fingerprint density at radius 1 is 1.56 bits per heavy atom. The SMILES string of the molecule is CC(C)CNC(=O)CCNc1ncc(Cl)cc1N. The number of amides is 1. The minimum absolute atomic E-state index is 0.0173. The van der Waals surface area contributed by atoms with Crippen LogP contribution in [0.15, 0.2) is 12.3 Å². The van der Waals surface area contributed by atoms with Gasteiger partial charge in [0, 0.05) is 25.7 Å². The van der Waals surface area contributed by atoms with Crippen LogP contribution in [0.3, 0.4) is 0 Å². The number of aromatic nitrogens is 1. The van der Waals surface area contributed by atoms with E-state index >= 15 is 0 Å². The van der Waals surface area contributed by atoms with E-state index in [4.69, 9.17) is 17.3 Å². The van der Waals surface area contributed by atoms with Gasteiger partial charge in [0.05, 0.1) is 10.7 Å². The summed E-state index contributed by atoms with van der Waals surface area (Å²) in [6, 6.07) is 1.62. The lowest BCUT2D eigenvalue weighted by Crippen LogP contribution is -2.28. The van der Waals surface area contributed by atoms with E-state index < -0.39 is 0 Å². The fourth-order valence-corrected chi connectivity index (χ4v) is 1.47. The highest BCUT2D eigenvalue weighted by molar-refractivity contribution is 6.30. The number of nitrogens with zero attached hydrogens (tertiary/aromatic N) is 1. The highest BCUT2D eigenvalue weighted by Gasteiger charge is 2.04. The van der Waals surface area contributed by atoms with Crippen molar-refractivity contribution >= 4 is 29.0 Å². The molecular weight excluding hydrogens is 252 g/mol. The van der Waals surface area contributed by atoms with Crippen molar-refractivity contribution in [2.24, 2.45) is 5.92 Å². The lowest BCUT2D eigenvalue weighted by atomic mass is 10.2. The summed E-state index contributed by atoms with van der Waals surface area (Å²) >= 11 is 5.74. The molecule has 0 aromatic carbocycles. The average molecular weight is 271 g/mol. The summed E-state index contributed by atoms with van der Waals surface area (Å²) in [5.74, 6) is 1.02. The van der Waals surface area contributed by atoms with Crippen LogP contribution in [0.2, 0.25) is 5.02 Å². The van der Waals surface area contributed by atoms with Crippen LogP contribution in [0.1, 0.15) is 20.3 Å². The van der Waals surface area contributed by atoms with Gasteiger partial charge in [-0.25, -0.2) is 4.98 Å². The van der Waals surface area contributed by atoms with Crippen molar-refractivity contribution in [2.45, 2.75) is 20.3 Å². The third-order valence-electron chi connectivity index (χ3n) is 2.24. The number of nitrogens with two attached hydrogens (primary N) is 1. The fraction of sp³-hybridized carbons (Fsp3) is 0.500. The topological polar surface area (TPSA) is 80.0 Å². The van der Waals surface area contributed by atoms with Crippen molar-refractivity contribution in [2.75, 3.05) is 24.1 Å². The molecule has 18 heavy (non-hydrogen) atoms. The zero-order valence-electron chi connectivity index (χ0n) is 10.7. The van der Waals surface area contributed by atoms with Gasteiger partial charge in [0.2, 0.25) is 5.91 Å². The van der Waals surface area contributed by atoms with Crippen LogP contribution in [0.5, 0.6) is 0 Å². The van der Waals surface area contributed by atoms with Crippen LogP contribution < -0.4 is 16.4 Å². The molecule has 0 aliphatic heterocycles. The Morgan fingerprint density at radius 2 is 2.28 bits per heavy atom. The Kier molecular flexibility index (Phi) is 5.71. The van der Waals surface area contributed by atoms with E-state index in [0.29, 0.717) is 42.0 Å². The minimum atomic E-state index is 0.0173. The predicted octanol–water partition coefficient (Wildman–Crippen LogP) is 1.89. The van der Waals surface area contributed by atoms with Gasteiger partial charge in [-0.2, -0.15) is 0 Å². The second kappa shape index (κ2) is 7.06. The number of rotatable bonds is 6. The van der Waals surface area contributed by atoms with E-state index in [-0.39, 0.29) is 5.91 Å². The lowest BCUT2D eigenvalue weighted by molar-refractivity contribution is -0.120. The summed E-state index contributed by atoms with van der Waals surface area (Å²) in [6.45, 7) is 5.29. The lowest BCUT2D eigenvalue weighted by Gasteiger charge is -2.09. The maximum Gasteiger partial charge on any atom is 0.221 e. The van der Waals surface area contributed by atoms with Gasteiger partial charge >= 0.3 is 0 Å². The quantitative estimate of drug-likeness (QED) is 0.737. The third kappa shape index (κ3) is 5.23. The van der Waals surface area contributed by atoms with Crippen molar-refractivity contribution in [1.29, 1.82) is 0 Å². The molecule has 1 aromatic rings.